The van der Waals surface area contributed by atoms with Crippen molar-refractivity contribution >= 4 is 44.6 Å². The van der Waals surface area contributed by atoms with Crippen molar-refractivity contribution in [3.05, 3.63) is 205 Å². The van der Waals surface area contributed by atoms with Crippen LogP contribution in [-0.2, 0) is 6.37 Å². The Morgan fingerprint density at radius 2 is 1.26 bits per heavy atom. The third-order valence-corrected chi connectivity index (χ3v) is 12.4. The zero-order valence-corrected chi connectivity index (χ0v) is 35.9. The molecule has 0 saturated heterocycles. The molecule has 6 heteroatoms. The lowest BCUT2D eigenvalue weighted by Gasteiger charge is -2.27. The van der Waals surface area contributed by atoms with E-state index in [1.807, 2.05) is 128 Å². The minimum absolute atomic E-state index is 0.0867. The summed E-state index contributed by atoms with van der Waals surface area (Å²) in [6, 6.07) is 62.0. The van der Waals surface area contributed by atoms with Gasteiger partial charge in [-0.3, -0.25) is 4.57 Å². The summed E-state index contributed by atoms with van der Waals surface area (Å²) < 4.78 is 61.0. The van der Waals surface area contributed by atoms with Gasteiger partial charge in [-0.05, 0) is 102 Å². The maximum atomic E-state index is 9.64. The van der Waals surface area contributed by atoms with Crippen molar-refractivity contribution in [3.8, 4) is 62.2 Å². The molecule has 5 heterocycles. The van der Waals surface area contributed by atoms with E-state index in [0.717, 1.165) is 66.8 Å². The minimum atomic E-state index is -2.48. The lowest BCUT2D eigenvalue weighted by molar-refractivity contribution is 0.479. The first-order valence-electron chi connectivity index (χ1n) is 24.5. The molecule has 2 aromatic heterocycles. The third-order valence-electron chi connectivity index (χ3n) is 12.4. The quantitative estimate of drug-likeness (QED) is 0.177. The monoisotopic (exact) mass is 847 g/mol. The molecule has 3 aliphatic heterocycles. The molecule has 3 aliphatic rings. The largest absolute Gasteiger partial charge is 0.457 e. The van der Waals surface area contributed by atoms with Crippen molar-refractivity contribution in [1.29, 1.82) is 0 Å². The molecule has 0 unspecified atom stereocenters. The summed E-state index contributed by atoms with van der Waals surface area (Å²) in [6.45, 7) is 1.71. The molecule has 0 saturated carbocycles. The topological polar surface area (TPSA) is 42.8 Å². The van der Waals surface area contributed by atoms with E-state index in [-0.39, 0.29) is 11.3 Å². The number of aromatic nitrogens is 2. The number of aryl methyl sites for hydroxylation is 1. The molecule has 10 aromatic rings. The van der Waals surface area contributed by atoms with E-state index in [1.54, 1.807) is 12.3 Å². The lowest BCUT2D eigenvalue weighted by atomic mass is 9.94. The normalized spacial score (nSPS) is 14.4. The van der Waals surface area contributed by atoms with Crippen LogP contribution in [0.25, 0.3) is 61.0 Å². The standard InChI is InChI=1S/C59H46N4O2/c1-38(2)31-42-33-58-60-36-51(42)50-20-8-12-26-56(50)64-44-18-13-17-41(32-44)47-22-14-21-46(40-15-5-4-6-16-40)59(47)62-37-61(53-24-10-11-25-54(53)62)43-28-27-39(3)57(34-43)65-45-29-30-49-48-19-7-9-23-52(48)63(58)55(49)35-45/h4-30,32-36,38H,31,37H2,1-3H3/i3D3,31D2. The molecule has 314 valence electrons. The second-order valence-corrected chi connectivity index (χ2v) is 16.9. The molecule has 10 bridgehead atoms. The molecule has 8 aromatic carbocycles. The van der Waals surface area contributed by atoms with Gasteiger partial charge in [-0.1, -0.05) is 129 Å². The fourth-order valence-electron chi connectivity index (χ4n) is 9.54. The highest BCUT2D eigenvalue weighted by molar-refractivity contribution is 6.09. The average molecular weight is 848 g/mol. The van der Waals surface area contributed by atoms with Gasteiger partial charge in [-0.25, -0.2) is 4.98 Å². The number of hydrogen-bond donors (Lipinski definition) is 0. The van der Waals surface area contributed by atoms with Crippen LogP contribution in [0.1, 0.15) is 31.8 Å². The Balaban J connectivity index is 1.14. The van der Waals surface area contributed by atoms with E-state index >= 15 is 0 Å². The van der Waals surface area contributed by atoms with E-state index in [9.17, 15) is 2.74 Å². The number of pyridine rings is 1. The Kier molecular flexibility index (Phi) is 8.04. The number of para-hydroxylation sites is 5. The van der Waals surface area contributed by atoms with Gasteiger partial charge in [0.2, 0.25) is 0 Å². The molecule has 13 rings (SSSR count). The van der Waals surface area contributed by atoms with Gasteiger partial charge >= 0.3 is 0 Å². The first-order chi connectivity index (χ1) is 33.9. The van der Waals surface area contributed by atoms with Crippen molar-refractivity contribution < 1.29 is 16.3 Å². The summed E-state index contributed by atoms with van der Waals surface area (Å²) in [5, 5.41) is 1.91. The third kappa shape index (κ3) is 6.68. The summed E-state index contributed by atoms with van der Waals surface area (Å²) >= 11 is 0. The van der Waals surface area contributed by atoms with Gasteiger partial charge in [0, 0.05) is 63.9 Å². The number of ether oxygens (including phenoxy) is 2. The molecule has 0 amide bonds. The molecular formula is C59H46N4O2. The fraction of sp³-hybridized carbons (Fsp3) is 0.102. The highest BCUT2D eigenvalue weighted by Crippen LogP contribution is 2.51. The van der Waals surface area contributed by atoms with Gasteiger partial charge in [0.15, 0.2) is 0 Å². The SMILES string of the molecule is [2H]C([2H])([2H])c1ccc2cc1Oc1ccc3c4ccccc4n(c3c1)-c1cc(C([2H])([2H])C(C)C)c(cn1)-c1ccccc1Oc1cccc(c1)-c1cccc(-c3ccccc3)c1N1CN2c2ccccc21. The van der Waals surface area contributed by atoms with Crippen LogP contribution in [0.4, 0.5) is 22.7 Å². The Bertz CT molecular complexity index is 3680. The minimum Gasteiger partial charge on any atom is -0.457 e. The van der Waals surface area contributed by atoms with Gasteiger partial charge < -0.3 is 19.3 Å². The van der Waals surface area contributed by atoms with Gasteiger partial charge in [0.1, 0.15) is 35.5 Å². The molecule has 0 fully saturated rings. The van der Waals surface area contributed by atoms with Crippen LogP contribution in [0, 0.1) is 12.8 Å². The molecule has 0 aliphatic carbocycles. The summed E-state index contributed by atoms with van der Waals surface area (Å²) in [6.07, 6.45) is -0.0361. The van der Waals surface area contributed by atoms with Crippen LogP contribution in [0.3, 0.4) is 0 Å². The molecule has 0 atom stereocenters. The van der Waals surface area contributed by atoms with E-state index in [0.29, 0.717) is 46.4 Å². The van der Waals surface area contributed by atoms with Crippen molar-refractivity contribution in [1.82, 2.24) is 9.55 Å². The number of hydrogen-bond acceptors (Lipinski definition) is 5. The Labute approximate surface area is 386 Å². The number of anilines is 4. The van der Waals surface area contributed by atoms with Gasteiger partial charge in [0.25, 0.3) is 0 Å². The van der Waals surface area contributed by atoms with E-state index in [2.05, 4.69) is 82.6 Å². The van der Waals surface area contributed by atoms with Gasteiger partial charge in [-0.2, -0.15) is 0 Å². The van der Waals surface area contributed by atoms with Crippen molar-refractivity contribution in [2.75, 3.05) is 16.5 Å². The second kappa shape index (κ2) is 15.6. The predicted molar refractivity (Wildman–Crippen MR) is 267 cm³/mol. The maximum Gasteiger partial charge on any atom is 0.137 e. The summed E-state index contributed by atoms with van der Waals surface area (Å²) in [7, 11) is 0. The Hall–Kier alpha value is -8.09. The smallest absolute Gasteiger partial charge is 0.137 e. The number of nitrogens with zero attached hydrogens (tertiary/aromatic N) is 4. The number of rotatable bonds is 3. The highest BCUT2D eigenvalue weighted by Gasteiger charge is 2.32. The molecular weight excluding hydrogens is 797 g/mol. The van der Waals surface area contributed by atoms with E-state index in [1.165, 1.54) is 0 Å². The Morgan fingerprint density at radius 1 is 0.569 bits per heavy atom. The van der Waals surface area contributed by atoms with Crippen LogP contribution in [0.15, 0.2) is 194 Å². The lowest BCUT2D eigenvalue weighted by Crippen LogP contribution is -2.25. The average Bonchev–Trinajstić information content (AvgIpc) is 3.92. The Morgan fingerprint density at radius 3 is 2.12 bits per heavy atom. The number of benzene rings is 8. The summed E-state index contributed by atoms with van der Waals surface area (Å²) in [5.74, 6) is 1.95. The van der Waals surface area contributed by atoms with Crippen LogP contribution < -0.4 is 19.3 Å². The zero-order chi connectivity index (χ0) is 47.9. The number of fused-ring (bicyclic) bond motifs is 5. The van der Waals surface area contributed by atoms with Crippen LogP contribution in [-0.4, -0.2) is 16.2 Å². The first kappa shape index (κ1) is 33.5. The van der Waals surface area contributed by atoms with Gasteiger partial charge in [0.05, 0.1) is 28.1 Å². The fourth-order valence-corrected chi connectivity index (χ4v) is 9.54. The van der Waals surface area contributed by atoms with Crippen LogP contribution in [0.2, 0.25) is 0 Å². The molecule has 65 heavy (non-hydrogen) atoms. The van der Waals surface area contributed by atoms with Crippen molar-refractivity contribution in [2.24, 2.45) is 5.92 Å². The summed E-state index contributed by atoms with van der Waals surface area (Å²) in [4.78, 5) is 9.65. The van der Waals surface area contributed by atoms with Crippen molar-refractivity contribution in [3.63, 3.8) is 0 Å². The van der Waals surface area contributed by atoms with Crippen LogP contribution in [0.5, 0.6) is 23.0 Å². The summed E-state index contributed by atoms with van der Waals surface area (Å²) in [5.41, 5.74) is 11.2. The van der Waals surface area contributed by atoms with Crippen molar-refractivity contribution in [2.45, 2.75) is 27.1 Å². The predicted octanol–water partition coefficient (Wildman–Crippen LogP) is 15.8. The first-order valence-corrected chi connectivity index (χ1v) is 22.0. The molecule has 0 spiro atoms. The highest BCUT2D eigenvalue weighted by atomic mass is 16.5. The zero-order valence-electron chi connectivity index (χ0n) is 40.9. The maximum absolute atomic E-state index is 9.64. The van der Waals surface area contributed by atoms with Crippen LogP contribution >= 0.6 is 0 Å². The van der Waals surface area contributed by atoms with Gasteiger partial charge in [-0.15, -0.1) is 0 Å². The molecule has 6 nitrogen and oxygen atoms in total. The molecule has 0 radical (unpaired) electrons. The van der Waals surface area contributed by atoms with E-state index in [4.69, 9.17) is 18.6 Å². The van der Waals surface area contributed by atoms with E-state index < -0.39 is 19.1 Å². The second-order valence-electron chi connectivity index (χ2n) is 16.9. The molecule has 0 N–H and O–H groups in total.